The summed E-state index contributed by atoms with van der Waals surface area (Å²) in [7, 11) is 0. The fourth-order valence-electron chi connectivity index (χ4n) is 4.71. The summed E-state index contributed by atoms with van der Waals surface area (Å²) in [6.07, 6.45) is 4.04. The maximum absolute atomic E-state index is 12.8. The number of piperidine rings is 1. The van der Waals surface area contributed by atoms with E-state index in [4.69, 9.17) is 0 Å². The van der Waals surface area contributed by atoms with Gasteiger partial charge in [-0.1, -0.05) is 18.2 Å². The molecule has 1 atom stereocenters. The highest BCUT2D eigenvalue weighted by Crippen LogP contribution is 2.30. The first-order valence-electron chi connectivity index (χ1n) is 10.7. The summed E-state index contributed by atoms with van der Waals surface area (Å²) >= 11 is 1.80. The summed E-state index contributed by atoms with van der Waals surface area (Å²) in [5.74, 6) is -0.748. The number of hydrogen-bond donors (Lipinski definition) is 1. The van der Waals surface area contributed by atoms with Gasteiger partial charge < -0.3 is 4.90 Å². The highest BCUT2D eigenvalue weighted by Gasteiger charge is 2.39. The van der Waals surface area contributed by atoms with E-state index in [2.05, 4.69) is 40.7 Å². The highest BCUT2D eigenvalue weighted by atomic mass is 32.1. The molecule has 1 N–H and O–H groups in total. The van der Waals surface area contributed by atoms with Crippen LogP contribution in [0.3, 0.4) is 0 Å². The molecule has 7 heteroatoms. The molecule has 2 aromatic rings. The largest absolute Gasteiger partial charge is 0.322 e. The van der Waals surface area contributed by atoms with Crippen molar-refractivity contribution in [2.75, 3.05) is 13.1 Å². The average molecular weight is 436 g/mol. The van der Waals surface area contributed by atoms with Gasteiger partial charge in [-0.05, 0) is 59.5 Å². The number of thiophene rings is 1. The summed E-state index contributed by atoms with van der Waals surface area (Å²) in [6, 6.07) is 7.70. The molecular weight excluding hydrogens is 410 g/mol. The maximum Gasteiger partial charge on any atom is 0.255 e. The van der Waals surface area contributed by atoms with Gasteiger partial charge in [0.05, 0.1) is 0 Å². The molecule has 4 heterocycles. The van der Waals surface area contributed by atoms with Crippen molar-refractivity contribution in [3.63, 3.8) is 0 Å². The minimum Gasteiger partial charge on any atom is -0.322 e. The third-order valence-electron chi connectivity index (χ3n) is 6.39. The van der Waals surface area contributed by atoms with Crippen LogP contribution in [0.25, 0.3) is 5.57 Å². The van der Waals surface area contributed by atoms with Crippen LogP contribution in [0.1, 0.15) is 51.2 Å². The Balaban J connectivity index is 1.25. The van der Waals surface area contributed by atoms with E-state index in [9.17, 15) is 14.4 Å². The SMILES string of the molecule is Cc1cc(C2=CCN(Cc3ccc4c(c3)CN(C3CCC(=O)NC3=O)C4=O)CC2)cs1. The Morgan fingerprint density at radius 3 is 2.74 bits per heavy atom. The minimum absolute atomic E-state index is 0.118. The normalized spacial score (nSPS) is 21.8. The molecule has 31 heavy (non-hydrogen) atoms. The van der Waals surface area contributed by atoms with E-state index in [0.29, 0.717) is 18.5 Å². The molecule has 1 saturated heterocycles. The zero-order valence-corrected chi connectivity index (χ0v) is 18.3. The molecule has 1 fully saturated rings. The first-order valence-corrected chi connectivity index (χ1v) is 11.6. The molecule has 0 radical (unpaired) electrons. The molecule has 1 aromatic heterocycles. The maximum atomic E-state index is 12.8. The predicted molar refractivity (Wildman–Crippen MR) is 119 cm³/mol. The van der Waals surface area contributed by atoms with Gasteiger partial charge in [0.25, 0.3) is 5.91 Å². The van der Waals surface area contributed by atoms with E-state index in [1.807, 2.05) is 12.1 Å². The molecule has 1 aromatic carbocycles. The second-order valence-electron chi connectivity index (χ2n) is 8.55. The lowest BCUT2D eigenvalue weighted by atomic mass is 10.0. The number of carbonyl (C=O) groups is 3. The smallest absolute Gasteiger partial charge is 0.255 e. The van der Waals surface area contributed by atoms with E-state index in [1.165, 1.54) is 21.6 Å². The van der Waals surface area contributed by atoms with Crippen LogP contribution in [0.5, 0.6) is 0 Å². The molecule has 0 spiro atoms. The van der Waals surface area contributed by atoms with Crippen LogP contribution in [0.2, 0.25) is 0 Å². The summed E-state index contributed by atoms with van der Waals surface area (Å²) in [6.45, 7) is 5.34. The molecular formula is C24H25N3O3S. The second-order valence-corrected chi connectivity index (χ2v) is 9.67. The van der Waals surface area contributed by atoms with Gasteiger partial charge in [-0.3, -0.25) is 24.6 Å². The average Bonchev–Trinajstić information content (AvgIpc) is 3.32. The zero-order chi connectivity index (χ0) is 21.5. The number of rotatable bonds is 4. The number of fused-ring (bicyclic) bond motifs is 1. The number of amides is 3. The number of imide groups is 1. The fraction of sp³-hybridized carbons (Fsp3) is 0.375. The fourth-order valence-corrected chi connectivity index (χ4v) is 5.44. The van der Waals surface area contributed by atoms with Gasteiger partial charge in [-0.2, -0.15) is 0 Å². The molecule has 6 nitrogen and oxygen atoms in total. The Morgan fingerprint density at radius 2 is 2.03 bits per heavy atom. The van der Waals surface area contributed by atoms with Crippen LogP contribution in [0.4, 0.5) is 0 Å². The Kier molecular flexibility index (Phi) is 5.24. The Labute approximate surface area is 185 Å². The number of aryl methyl sites for hydroxylation is 1. The molecule has 0 saturated carbocycles. The Bertz CT molecular complexity index is 1100. The Morgan fingerprint density at radius 1 is 1.16 bits per heavy atom. The van der Waals surface area contributed by atoms with Gasteiger partial charge in [-0.15, -0.1) is 11.3 Å². The number of benzene rings is 1. The monoisotopic (exact) mass is 435 g/mol. The van der Waals surface area contributed by atoms with Crippen molar-refractivity contribution in [3.8, 4) is 0 Å². The van der Waals surface area contributed by atoms with Crippen molar-refractivity contribution in [1.29, 1.82) is 0 Å². The second kappa shape index (κ2) is 8.05. The first kappa shape index (κ1) is 20.2. The van der Waals surface area contributed by atoms with Crippen LogP contribution < -0.4 is 5.32 Å². The van der Waals surface area contributed by atoms with E-state index >= 15 is 0 Å². The van der Waals surface area contributed by atoms with Crippen LogP contribution in [0, 0.1) is 6.92 Å². The van der Waals surface area contributed by atoms with Crippen molar-refractivity contribution < 1.29 is 14.4 Å². The van der Waals surface area contributed by atoms with Crippen LogP contribution >= 0.6 is 11.3 Å². The highest BCUT2D eigenvalue weighted by molar-refractivity contribution is 7.10. The molecule has 5 rings (SSSR count). The van der Waals surface area contributed by atoms with E-state index in [1.54, 1.807) is 16.2 Å². The number of hydrogen-bond acceptors (Lipinski definition) is 5. The topological polar surface area (TPSA) is 69.7 Å². The number of carbonyl (C=O) groups excluding carboxylic acids is 3. The third kappa shape index (κ3) is 3.95. The first-order chi connectivity index (χ1) is 15.0. The van der Waals surface area contributed by atoms with Crippen molar-refractivity contribution in [2.24, 2.45) is 0 Å². The van der Waals surface area contributed by atoms with Gasteiger partial charge >= 0.3 is 0 Å². The number of nitrogens with zero attached hydrogens (tertiary/aromatic N) is 2. The standard InChI is InChI=1S/C24H25N3O3S/c1-15-10-19(14-31-15)17-6-8-26(9-7-17)12-16-2-3-20-18(11-16)13-27(24(20)30)21-4-5-22(28)25-23(21)29/h2-3,6,10-11,14,21H,4-5,7-9,12-13H2,1H3,(H,25,28,29). The van der Waals surface area contributed by atoms with Crippen molar-refractivity contribution in [1.82, 2.24) is 15.1 Å². The summed E-state index contributed by atoms with van der Waals surface area (Å²) < 4.78 is 0. The molecule has 1 unspecified atom stereocenters. The molecule has 3 aliphatic heterocycles. The van der Waals surface area contributed by atoms with Crippen molar-refractivity contribution >= 4 is 34.6 Å². The molecule has 0 aliphatic carbocycles. The lowest BCUT2D eigenvalue weighted by Gasteiger charge is -2.29. The number of nitrogens with one attached hydrogen (secondary N) is 1. The van der Waals surface area contributed by atoms with E-state index in [0.717, 1.165) is 31.6 Å². The van der Waals surface area contributed by atoms with Gasteiger partial charge in [0.1, 0.15) is 6.04 Å². The van der Waals surface area contributed by atoms with Crippen LogP contribution in [-0.4, -0.2) is 46.7 Å². The third-order valence-corrected chi connectivity index (χ3v) is 7.25. The summed E-state index contributed by atoms with van der Waals surface area (Å²) in [5.41, 5.74) is 5.60. The summed E-state index contributed by atoms with van der Waals surface area (Å²) in [5, 5.41) is 4.59. The van der Waals surface area contributed by atoms with Crippen LogP contribution in [-0.2, 0) is 22.7 Å². The summed E-state index contributed by atoms with van der Waals surface area (Å²) in [4.78, 5) is 41.8. The molecule has 3 amide bonds. The minimum atomic E-state index is -0.563. The molecule has 0 bridgehead atoms. The van der Waals surface area contributed by atoms with Crippen LogP contribution in [0.15, 0.2) is 35.7 Å². The lowest BCUT2D eigenvalue weighted by molar-refractivity contribution is -0.136. The van der Waals surface area contributed by atoms with E-state index in [-0.39, 0.29) is 24.1 Å². The van der Waals surface area contributed by atoms with Gasteiger partial charge in [0.15, 0.2) is 0 Å². The quantitative estimate of drug-likeness (QED) is 0.750. The molecule has 160 valence electrons. The molecule has 3 aliphatic rings. The zero-order valence-electron chi connectivity index (χ0n) is 17.5. The van der Waals surface area contributed by atoms with Crippen molar-refractivity contribution in [2.45, 2.75) is 45.3 Å². The van der Waals surface area contributed by atoms with Gasteiger partial charge in [0.2, 0.25) is 11.8 Å². The Hall–Kier alpha value is -2.77. The van der Waals surface area contributed by atoms with Crippen molar-refractivity contribution in [3.05, 3.63) is 62.9 Å². The lowest BCUT2D eigenvalue weighted by Crippen LogP contribution is -2.52. The van der Waals surface area contributed by atoms with E-state index < -0.39 is 6.04 Å². The predicted octanol–water partition coefficient (Wildman–Crippen LogP) is 3.11. The van der Waals surface area contributed by atoms with Gasteiger partial charge in [0, 0.05) is 43.0 Å². The van der Waals surface area contributed by atoms with Gasteiger partial charge in [-0.25, -0.2) is 0 Å².